The molecule has 2 aromatic rings. The van der Waals surface area contributed by atoms with Crippen LogP contribution in [0.3, 0.4) is 0 Å². The lowest BCUT2D eigenvalue weighted by molar-refractivity contribution is 0.0686. The Morgan fingerprint density at radius 2 is 2.11 bits per heavy atom. The summed E-state index contributed by atoms with van der Waals surface area (Å²) in [4.78, 5) is 15.6. The topological polar surface area (TPSA) is 81.6 Å². The molecule has 0 amide bonds. The fourth-order valence-corrected chi connectivity index (χ4v) is 2.64. The van der Waals surface area contributed by atoms with Crippen molar-refractivity contribution < 1.29 is 14.6 Å². The molecule has 1 N–H and O–H groups in total. The quantitative estimate of drug-likeness (QED) is 0.874. The summed E-state index contributed by atoms with van der Waals surface area (Å²) in [7, 11) is 1.88. The highest BCUT2D eigenvalue weighted by molar-refractivity contribution is 5.87. The number of aromatic carboxylic acids is 1. The molecule has 1 aliphatic heterocycles. The van der Waals surface area contributed by atoms with Crippen LogP contribution in [0.2, 0.25) is 0 Å². The maximum absolute atomic E-state index is 11.3. The van der Waals surface area contributed by atoms with Crippen LogP contribution in [0.4, 0.5) is 0 Å². The second kappa shape index (κ2) is 4.34. The van der Waals surface area contributed by atoms with Crippen molar-refractivity contribution in [2.24, 2.45) is 7.05 Å². The Morgan fingerprint density at radius 1 is 1.42 bits per heavy atom. The van der Waals surface area contributed by atoms with Gasteiger partial charge in [0, 0.05) is 26.2 Å². The second-order valence-corrected chi connectivity index (χ2v) is 4.87. The van der Waals surface area contributed by atoms with Gasteiger partial charge in [0.25, 0.3) is 0 Å². The van der Waals surface area contributed by atoms with Crippen molar-refractivity contribution in [1.29, 1.82) is 0 Å². The number of imidazole rings is 1. The predicted molar refractivity (Wildman–Crippen MR) is 66.4 cm³/mol. The highest BCUT2D eigenvalue weighted by atomic mass is 16.5. The van der Waals surface area contributed by atoms with E-state index >= 15 is 0 Å². The van der Waals surface area contributed by atoms with E-state index in [0.29, 0.717) is 17.4 Å². The second-order valence-electron chi connectivity index (χ2n) is 4.87. The lowest BCUT2D eigenvalue weighted by atomic mass is 10.00. The molecule has 102 valence electrons. The van der Waals surface area contributed by atoms with Crippen LogP contribution in [0.5, 0.6) is 0 Å². The number of carbonyl (C=O) groups is 1. The van der Waals surface area contributed by atoms with E-state index in [1.165, 1.54) is 4.52 Å². The predicted octanol–water partition coefficient (Wildman–Crippen LogP) is 0.968. The molecule has 0 aromatic carbocycles. The summed E-state index contributed by atoms with van der Waals surface area (Å²) in [6.07, 6.45) is 1.82. The molecule has 0 unspecified atom stereocenters. The molecule has 0 bridgehead atoms. The minimum absolute atomic E-state index is 0.143. The largest absolute Gasteiger partial charge is 0.476 e. The normalized spacial score (nSPS) is 17.2. The van der Waals surface area contributed by atoms with Crippen LogP contribution >= 0.6 is 0 Å². The fourth-order valence-electron chi connectivity index (χ4n) is 2.64. The third-order valence-electron chi connectivity index (χ3n) is 3.65. The SMILES string of the molecule is Cc1nc2n(C)c(C3CCOCC3)nn2c1C(=O)O. The summed E-state index contributed by atoms with van der Waals surface area (Å²) in [6, 6.07) is 0. The number of fused-ring (bicyclic) bond motifs is 1. The van der Waals surface area contributed by atoms with E-state index in [1.54, 1.807) is 6.92 Å². The molecular formula is C12H16N4O3. The van der Waals surface area contributed by atoms with Gasteiger partial charge in [0.15, 0.2) is 5.69 Å². The molecule has 3 rings (SSSR count). The van der Waals surface area contributed by atoms with Crippen molar-refractivity contribution >= 4 is 11.7 Å². The Hall–Kier alpha value is -1.89. The molecule has 0 spiro atoms. The van der Waals surface area contributed by atoms with Crippen molar-refractivity contribution in [3.63, 3.8) is 0 Å². The van der Waals surface area contributed by atoms with Crippen molar-refractivity contribution in [1.82, 2.24) is 19.2 Å². The summed E-state index contributed by atoms with van der Waals surface area (Å²) in [5, 5.41) is 13.7. The van der Waals surface area contributed by atoms with E-state index < -0.39 is 5.97 Å². The van der Waals surface area contributed by atoms with Crippen LogP contribution in [0.1, 0.15) is 40.8 Å². The van der Waals surface area contributed by atoms with Crippen LogP contribution in [-0.4, -0.2) is 43.5 Å². The Morgan fingerprint density at radius 3 is 2.74 bits per heavy atom. The molecule has 2 aromatic heterocycles. The van der Waals surface area contributed by atoms with Gasteiger partial charge in [0.05, 0.1) is 5.69 Å². The first kappa shape index (κ1) is 12.2. The van der Waals surface area contributed by atoms with Crippen molar-refractivity contribution in [2.75, 3.05) is 13.2 Å². The van der Waals surface area contributed by atoms with Gasteiger partial charge < -0.3 is 9.84 Å². The monoisotopic (exact) mass is 264 g/mol. The van der Waals surface area contributed by atoms with E-state index in [1.807, 2.05) is 11.6 Å². The van der Waals surface area contributed by atoms with Crippen molar-refractivity contribution in [3.8, 4) is 0 Å². The number of hydrogen-bond acceptors (Lipinski definition) is 4. The first-order valence-corrected chi connectivity index (χ1v) is 6.32. The molecule has 7 heteroatoms. The lowest BCUT2D eigenvalue weighted by Crippen LogP contribution is -2.17. The number of aromatic nitrogens is 4. The van der Waals surface area contributed by atoms with E-state index in [4.69, 9.17) is 4.74 Å². The van der Waals surface area contributed by atoms with Gasteiger partial charge in [-0.15, -0.1) is 0 Å². The highest BCUT2D eigenvalue weighted by Crippen LogP contribution is 2.26. The van der Waals surface area contributed by atoms with Gasteiger partial charge in [-0.05, 0) is 19.8 Å². The maximum Gasteiger partial charge on any atom is 0.356 e. The Labute approximate surface area is 109 Å². The zero-order chi connectivity index (χ0) is 13.6. The van der Waals surface area contributed by atoms with Crippen molar-refractivity contribution in [3.05, 3.63) is 17.2 Å². The van der Waals surface area contributed by atoms with Crippen LogP contribution in [-0.2, 0) is 11.8 Å². The summed E-state index contributed by atoms with van der Waals surface area (Å²) in [5.41, 5.74) is 0.632. The minimum atomic E-state index is -0.998. The lowest BCUT2D eigenvalue weighted by Gasteiger charge is -2.20. The Balaban J connectivity index is 2.12. The van der Waals surface area contributed by atoms with Crippen LogP contribution in [0.25, 0.3) is 5.78 Å². The third-order valence-corrected chi connectivity index (χ3v) is 3.65. The number of hydrogen-bond donors (Lipinski definition) is 1. The van der Waals surface area contributed by atoms with E-state index in [-0.39, 0.29) is 5.69 Å². The molecule has 1 saturated heterocycles. The van der Waals surface area contributed by atoms with Gasteiger partial charge in [-0.25, -0.2) is 9.78 Å². The molecule has 7 nitrogen and oxygen atoms in total. The molecule has 0 saturated carbocycles. The van der Waals surface area contributed by atoms with Crippen LogP contribution in [0, 0.1) is 6.92 Å². The van der Waals surface area contributed by atoms with Gasteiger partial charge >= 0.3 is 5.97 Å². The van der Waals surface area contributed by atoms with Gasteiger partial charge in [0.2, 0.25) is 5.78 Å². The van der Waals surface area contributed by atoms with E-state index in [0.717, 1.165) is 31.9 Å². The highest BCUT2D eigenvalue weighted by Gasteiger charge is 2.26. The molecule has 0 radical (unpaired) electrons. The maximum atomic E-state index is 11.3. The number of carboxylic acids is 1. The molecule has 1 aliphatic rings. The number of carboxylic acid groups (broad SMARTS) is 1. The summed E-state index contributed by atoms with van der Waals surface area (Å²) < 4.78 is 8.66. The Bertz CT molecular complexity index is 637. The average molecular weight is 264 g/mol. The number of ether oxygens (including phenoxy) is 1. The van der Waals surface area contributed by atoms with Crippen LogP contribution < -0.4 is 0 Å². The molecule has 1 fully saturated rings. The van der Waals surface area contributed by atoms with Gasteiger partial charge in [-0.3, -0.25) is 4.57 Å². The number of nitrogens with zero attached hydrogens (tertiary/aromatic N) is 4. The van der Waals surface area contributed by atoms with E-state index in [2.05, 4.69) is 10.1 Å². The first-order valence-electron chi connectivity index (χ1n) is 6.32. The van der Waals surface area contributed by atoms with Gasteiger partial charge in [-0.1, -0.05) is 0 Å². The number of aryl methyl sites for hydroxylation is 2. The smallest absolute Gasteiger partial charge is 0.356 e. The molecule has 19 heavy (non-hydrogen) atoms. The minimum Gasteiger partial charge on any atom is -0.476 e. The summed E-state index contributed by atoms with van der Waals surface area (Å²) in [6.45, 7) is 3.14. The standard InChI is InChI=1S/C12H16N4O3/c1-7-9(11(17)18)16-12(13-7)15(2)10(14-16)8-3-5-19-6-4-8/h8H,3-6H2,1-2H3,(H,17,18). The number of rotatable bonds is 2. The molecule has 3 heterocycles. The van der Waals surface area contributed by atoms with E-state index in [9.17, 15) is 9.90 Å². The summed E-state index contributed by atoms with van der Waals surface area (Å²) in [5.74, 6) is 0.772. The molecule has 0 aliphatic carbocycles. The summed E-state index contributed by atoms with van der Waals surface area (Å²) >= 11 is 0. The first-order chi connectivity index (χ1) is 9.09. The van der Waals surface area contributed by atoms with Gasteiger partial charge in [0.1, 0.15) is 5.82 Å². The molecular weight excluding hydrogens is 248 g/mol. The molecule has 0 atom stereocenters. The van der Waals surface area contributed by atoms with Gasteiger partial charge in [-0.2, -0.15) is 9.61 Å². The average Bonchev–Trinajstić information content (AvgIpc) is 2.87. The third kappa shape index (κ3) is 1.81. The zero-order valence-corrected chi connectivity index (χ0v) is 11.0. The zero-order valence-electron chi connectivity index (χ0n) is 11.0. The van der Waals surface area contributed by atoms with Crippen molar-refractivity contribution in [2.45, 2.75) is 25.7 Å². The fraction of sp³-hybridized carbons (Fsp3) is 0.583. The van der Waals surface area contributed by atoms with Crippen LogP contribution in [0.15, 0.2) is 0 Å². The Kier molecular flexibility index (Phi) is 2.78.